The maximum Gasteiger partial charge on any atom is 0.328 e. The van der Waals surface area contributed by atoms with Crippen LogP contribution in [0.3, 0.4) is 0 Å². The Bertz CT molecular complexity index is 749. The van der Waals surface area contributed by atoms with Gasteiger partial charge in [0.15, 0.2) is 0 Å². The van der Waals surface area contributed by atoms with Crippen LogP contribution >= 0.6 is 0 Å². The zero-order valence-corrected chi connectivity index (χ0v) is 11.2. The lowest BCUT2D eigenvalue weighted by molar-refractivity contribution is -0.131. The average Bonchev–Trinajstić information content (AvgIpc) is 2.83. The highest BCUT2D eigenvalue weighted by Gasteiger charge is 2.28. The quantitative estimate of drug-likeness (QED) is 0.879. The summed E-state index contributed by atoms with van der Waals surface area (Å²) in [6, 6.07) is 14.8. The van der Waals surface area contributed by atoms with Gasteiger partial charge >= 0.3 is 5.97 Å². The Labute approximate surface area is 121 Å². The fourth-order valence-corrected chi connectivity index (χ4v) is 2.48. The monoisotopic (exact) mass is 279 g/mol. The van der Waals surface area contributed by atoms with E-state index >= 15 is 0 Å². The molecule has 4 nitrogen and oxygen atoms in total. The molecule has 0 spiro atoms. The molecule has 1 aliphatic rings. The van der Waals surface area contributed by atoms with E-state index < -0.39 is 5.97 Å². The predicted molar refractivity (Wildman–Crippen MR) is 80.1 cm³/mol. The standard InChI is InChI=1S/C17H13NO3/c19-16(20)10-9-12-5-2-4-8-15(12)18-11-13-6-1-3-7-14(13)17(18)21/h1-10H,11H2,(H,19,20)/b10-9+. The predicted octanol–water partition coefficient (Wildman–Crippen LogP) is 2.94. The van der Waals surface area contributed by atoms with E-state index in [0.29, 0.717) is 17.7 Å². The van der Waals surface area contributed by atoms with Crippen LogP contribution in [0.15, 0.2) is 54.6 Å². The van der Waals surface area contributed by atoms with Gasteiger partial charge in [-0.05, 0) is 29.3 Å². The van der Waals surface area contributed by atoms with E-state index in [1.807, 2.05) is 42.5 Å². The molecule has 1 amide bonds. The van der Waals surface area contributed by atoms with E-state index in [-0.39, 0.29) is 5.91 Å². The fraction of sp³-hybridized carbons (Fsp3) is 0.0588. The van der Waals surface area contributed by atoms with Crippen LogP contribution in [-0.4, -0.2) is 17.0 Å². The number of carboxylic acid groups (broad SMARTS) is 1. The third kappa shape index (κ3) is 2.43. The zero-order chi connectivity index (χ0) is 14.8. The molecule has 2 aromatic rings. The van der Waals surface area contributed by atoms with Gasteiger partial charge in [-0.15, -0.1) is 0 Å². The first kappa shape index (κ1) is 13.1. The molecule has 0 unspecified atom stereocenters. The molecule has 1 heterocycles. The van der Waals surface area contributed by atoms with E-state index in [1.54, 1.807) is 11.0 Å². The second-order valence-corrected chi connectivity index (χ2v) is 4.78. The van der Waals surface area contributed by atoms with Gasteiger partial charge in [0, 0.05) is 11.6 Å². The third-order valence-corrected chi connectivity index (χ3v) is 3.45. The summed E-state index contributed by atoms with van der Waals surface area (Å²) in [6.07, 6.45) is 2.58. The van der Waals surface area contributed by atoms with Gasteiger partial charge in [-0.2, -0.15) is 0 Å². The SMILES string of the molecule is O=C(O)/C=C/c1ccccc1N1Cc2ccccc2C1=O. The van der Waals surface area contributed by atoms with Crippen molar-refractivity contribution in [2.75, 3.05) is 4.90 Å². The highest BCUT2D eigenvalue weighted by atomic mass is 16.4. The highest BCUT2D eigenvalue weighted by molar-refractivity contribution is 6.10. The second-order valence-electron chi connectivity index (χ2n) is 4.78. The number of benzene rings is 2. The number of hydrogen-bond donors (Lipinski definition) is 1. The maximum absolute atomic E-state index is 12.5. The van der Waals surface area contributed by atoms with Crippen LogP contribution < -0.4 is 4.90 Å². The van der Waals surface area contributed by atoms with Crippen LogP contribution in [0.2, 0.25) is 0 Å². The molecule has 0 atom stereocenters. The van der Waals surface area contributed by atoms with Crippen molar-refractivity contribution in [2.24, 2.45) is 0 Å². The number of carboxylic acids is 1. The molecule has 4 heteroatoms. The lowest BCUT2D eigenvalue weighted by atomic mass is 10.1. The number of rotatable bonds is 3. The van der Waals surface area contributed by atoms with Gasteiger partial charge in [0.2, 0.25) is 0 Å². The van der Waals surface area contributed by atoms with Gasteiger partial charge in [-0.3, -0.25) is 4.79 Å². The van der Waals surface area contributed by atoms with Crippen LogP contribution in [0, 0.1) is 0 Å². The summed E-state index contributed by atoms with van der Waals surface area (Å²) in [5.41, 5.74) is 3.12. The molecular weight excluding hydrogens is 266 g/mol. The minimum Gasteiger partial charge on any atom is -0.478 e. The summed E-state index contributed by atoms with van der Waals surface area (Å²) in [7, 11) is 0. The van der Waals surface area contributed by atoms with Crippen molar-refractivity contribution < 1.29 is 14.7 Å². The second kappa shape index (κ2) is 5.25. The minimum absolute atomic E-state index is 0.0539. The number of hydrogen-bond acceptors (Lipinski definition) is 2. The summed E-state index contributed by atoms with van der Waals surface area (Å²) in [5, 5.41) is 8.76. The van der Waals surface area contributed by atoms with Gasteiger partial charge in [-0.25, -0.2) is 4.79 Å². The Morgan fingerprint density at radius 1 is 1.10 bits per heavy atom. The van der Waals surface area contributed by atoms with E-state index in [0.717, 1.165) is 17.3 Å². The number of para-hydroxylation sites is 1. The molecule has 0 aliphatic carbocycles. The zero-order valence-electron chi connectivity index (χ0n) is 11.2. The van der Waals surface area contributed by atoms with Crippen molar-refractivity contribution in [2.45, 2.75) is 6.54 Å². The van der Waals surface area contributed by atoms with Crippen LogP contribution in [0.1, 0.15) is 21.5 Å². The Kier molecular flexibility index (Phi) is 3.28. The summed E-state index contributed by atoms with van der Waals surface area (Å²) in [4.78, 5) is 24.8. The van der Waals surface area contributed by atoms with E-state index in [4.69, 9.17) is 5.11 Å². The Morgan fingerprint density at radius 2 is 1.81 bits per heavy atom. The van der Waals surface area contributed by atoms with Crippen LogP contribution in [-0.2, 0) is 11.3 Å². The Hall–Kier alpha value is -2.88. The maximum atomic E-state index is 12.5. The van der Waals surface area contributed by atoms with Crippen LogP contribution in [0.4, 0.5) is 5.69 Å². The summed E-state index contributed by atoms with van der Waals surface area (Å²) >= 11 is 0. The summed E-state index contributed by atoms with van der Waals surface area (Å²) in [5.74, 6) is -1.07. The van der Waals surface area contributed by atoms with Crippen LogP contribution in [0.25, 0.3) is 6.08 Å². The molecular formula is C17H13NO3. The van der Waals surface area contributed by atoms with Gasteiger partial charge in [-0.1, -0.05) is 36.4 Å². The number of carbonyl (C=O) groups excluding carboxylic acids is 1. The lowest BCUT2D eigenvalue weighted by Gasteiger charge is -2.18. The first-order valence-corrected chi connectivity index (χ1v) is 6.56. The van der Waals surface area contributed by atoms with Crippen molar-refractivity contribution >= 4 is 23.6 Å². The van der Waals surface area contributed by atoms with Gasteiger partial charge < -0.3 is 10.0 Å². The molecule has 0 saturated carbocycles. The Balaban J connectivity index is 2.00. The number of nitrogens with zero attached hydrogens (tertiary/aromatic N) is 1. The number of amides is 1. The number of aliphatic carboxylic acids is 1. The molecule has 0 aromatic heterocycles. The molecule has 21 heavy (non-hydrogen) atoms. The van der Waals surface area contributed by atoms with Gasteiger partial charge in [0.1, 0.15) is 0 Å². The normalized spacial score (nSPS) is 13.7. The number of anilines is 1. The molecule has 0 radical (unpaired) electrons. The number of carbonyl (C=O) groups is 2. The van der Waals surface area contributed by atoms with E-state index in [1.165, 1.54) is 6.08 Å². The summed E-state index contributed by atoms with van der Waals surface area (Å²) < 4.78 is 0. The van der Waals surface area contributed by atoms with Gasteiger partial charge in [0.05, 0.1) is 12.2 Å². The average molecular weight is 279 g/mol. The van der Waals surface area contributed by atoms with Crippen molar-refractivity contribution in [3.05, 3.63) is 71.3 Å². The fourth-order valence-electron chi connectivity index (χ4n) is 2.48. The smallest absolute Gasteiger partial charge is 0.328 e. The molecule has 104 valence electrons. The van der Waals surface area contributed by atoms with E-state index in [2.05, 4.69) is 0 Å². The topological polar surface area (TPSA) is 57.6 Å². The third-order valence-electron chi connectivity index (χ3n) is 3.45. The first-order valence-electron chi connectivity index (χ1n) is 6.56. The van der Waals surface area contributed by atoms with Crippen molar-refractivity contribution in [1.29, 1.82) is 0 Å². The number of fused-ring (bicyclic) bond motifs is 1. The molecule has 0 saturated heterocycles. The first-order chi connectivity index (χ1) is 10.2. The molecule has 2 aromatic carbocycles. The van der Waals surface area contributed by atoms with Crippen molar-refractivity contribution in [1.82, 2.24) is 0 Å². The molecule has 0 bridgehead atoms. The molecule has 1 N–H and O–H groups in total. The molecule has 1 aliphatic heterocycles. The minimum atomic E-state index is -1.01. The van der Waals surface area contributed by atoms with E-state index in [9.17, 15) is 9.59 Å². The van der Waals surface area contributed by atoms with Gasteiger partial charge in [0.25, 0.3) is 5.91 Å². The largest absolute Gasteiger partial charge is 0.478 e. The molecule has 3 rings (SSSR count). The lowest BCUT2D eigenvalue weighted by Crippen LogP contribution is -2.23. The highest BCUT2D eigenvalue weighted by Crippen LogP contribution is 2.31. The Morgan fingerprint density at radius 3 is 2.57 bits per heavy atom. The van der Waals surface area contributed by atoms with Crippen molar-refractivity contribution in [3.8, 4) is 0 Å². The molecule has 0 fully saturated rings. The van der Waals surface area contributed by atoms with Crippen LogP contribution in [0.5, 0.6) is 0 Å². The summed E-state index contributed by atoms with van der Waals surface area (Å²) in [6.45, 7) is 0.507. The van der Waals surface area contributed by atoms with Crippen molar-refractivity contribution in [3.63, 3.8) is 0 Å².